The van der Waals surface area contributed by atoms with Crippen molar-refractivity contribution >= 4 is 11.4 Å². The summed E-state index contributed by atoms with van der Waals surface area (Å²) in [6.45, 7) is 18.9. The predicted molar refractivity (Wildman–Crippen MR) is 173 cm³/mol. The van der Waals surface area contributed by atoms with E-state index in [2.05, 4.69) is 90.1 Å². The van der Waals surface area contributed by atoms with Crippen LogP contribution in [-0.4, -0.2) is 4.70 Å². The van der Waals surface area contributed by atoms with Gasteiger partial charge < -0.3 is 19.4 Å². The van der Waals surface area contributed by atoms with Gasteiger partial charge in [0.1, 0.15) is 0 Å². The van der Waals surface area contributed by atoms with E-state index < -0.39 is 0 Å². The number of unbranched alkanes of at least 4 members (excludes halogenated alkanes) is 7. The van der Waals surface area contributed by atoms with Crippen molar-refractivity contribution in [1.29, 1.82) is 0 Å². The van der Waals surface area contributed by atoms with Crippen molar-refractivity contribution in [3.8, 4) is 0 Å². The van der Waals surface area contributed by atoms with E-state index in [1.807, 2.05) is 0 Å². The standard InChI is InChI=1S/C33H46N2.2C2H5.Ni/c1-5-8-11-12-13-14-17-27-21-23-29(24-22-27)33-31(20-10-7-3)26(4)32(35(33)34)30-19-15-18-28(25-30)16-9-6-2;2*1-2;/h15,18-19,21-25H,5-14,16-17,20H2,1-4H3;2*1H2,2H3;/q;2*-1;+2. The normalized spacial score (nSPS) is 12.4. The van der Waals surface area contributed by atoms with E-state index >= 15 is 0 Å². The minimum atomic E-state index is 0. The van der Waals surface area contributed by atoms with E-state index in [9.17, 15) is 5.53 Å². The molecule has 3 heteroatoms. The van der Waals surface area contributed by atoms with Gasteiger partial charge in [0.2, 0.25) is 11.4 Å². The Morgan fingerprint density at radius 3 is 1.77 bits per heavy atom. The van der Waals surface area contributed by atoms with Crippen molar-refractivity contribution in [1.82, 2.24) is 0 Å². The summed E-state index contributed by atoms with van der Waals surface area (Å²) in [6.07, 6.45) is 15.9. The molecule has 0 aliphatic carbocycles. The molecule has 0 amide bonds. The summed E-state index contributed by atoms with van der Waals surface area (Å²) in [7, 11) is 0. The summed E-state index contributed by atoms with van der Waals surface area (Å²) in [5.74, 6) is 0. The van der Waals surface area contributed by atoms with Crippen molar-refractivity contribution < 1.29 is 21.2 Å². The van der Waals surface area contributed by atoms with E-state index in [4.69, 9.17) is 0 Å². The Morgan fingerprint density at radius 2 is 1.15 bits per heavy atom. The molecule has 40 heavy (non-hydrogen) atoms. The van der Waals surface area contributed by atoms with E-state index in [0.29, 0.717) is 0 Å². The number of hydrogen-bond acceptors (Lipinski definition) is 0. The Balaban J connectivity index is 0.00000291. The van der Waals surface area contributed by atoms with Crippen LogP contribution in [0.25, 0.3) is 16.9 Å². The second-order valence-corrected chi connectivity index (χ2v) is 10.2. The summed E-state index contributed by atoms with van der Waals surface area (Å²) in [5.41, 5.74) is 20.9. The Morgan fingerprint density at radius 1 is 0.600 bits per heavy atom. The molecule has 1 aliphatic rings. The fourth-order valence-electron chi connectivity index (χ4n) is 5.21. The molecule has 0 radical (unpaired) electrons. The van der Waals surface area contributed by atoms with Crippen LogP contribution in [0, 0.1) is 13.8 Å². The number of nitrogens with zero attached hydrogens (tertiary/aromatic N) is 2. The molecule has 224 valence electrons. The fourth-order valence-corrected chi connectivity index (χ4v) is 5.21. The van der Waals surface area contributed by atoms with Gasteiger partial charge in [-0.1, -0.05) is 90.0 Å². The number of rotatable bonds is 15. The summed E-state index contributed by atoms with van der Waals surface area (Å²) < 4.78 is 1.47. The van der Waals surface area contributed by atoms with Gasteiger partial charge in [0, 0.05) is 22.3 Å². The van der Waals surface area contributed by atoms with Crippen molar-refractivity contribution in [2.45, 2.75) is 125 Å². The topological polar surface area (TPSA) is 25.3 Å². The minimum absolute atomic E-state index is 0. The number of allylic oxidation sites excluding steroid dienone is 2. The second-order valence-electron chi connectivity index (χ2n) is 10.2. The van der Waals surface area contributed by atoms with Crippen molar-refractivity contribution in [2.24, 2.45) is 0 Å². The van der Waals surface area contributed by atoms with Crippen LogP contribution < -0.4 is 0 Å². The molecule has 0 bridgehead atoms. The third kappa shape index (κ3) is 11.5. The SMILES string of the molecule is CCCCCCCCc1ccc(C2=C(CCCC)C(C)=C(c3cccc(CCCC)c3)[N+]2=[N-])cc1.[CH2-]C.[CH2-]C.[Ni+2]. The van der Waals surface area contributed by atoms with Gasteiger partial charge >= 0.3 is 16.5 Å². The summed E-state index contributed by atoms with van der Waals surface area (Å²) in [5, 5.41) is 0. The van der Waals surface area contributed by atoms with Crippen LogP contribution in [-0.2, 0) is 29.3 Å². The molecule has 0 fully saturated rings. The van der Waals surface area contributed by atoms with Gasteiger partial charge in [-0.3, -0.25) is 0 Å². The van der Waals surface area contributed by atoms with Crippen LogP contribution in [0.5, 0.6) is 0 Å². The molecule has 0 aromatic heterocycles. The molecule has 2 nitrogen and oxygen atoms in total. The molecule has 0 saturated carbocycles. The van der Waals surface area contributed by atoms with Gasteiger partial charge in [0.25, 0.3) is 0 Å². The summed E-state index contributed by atoms with van der Waals surface area (Å²) in [6, 6.07) is 17.7. The van der Waals surface area contributed by atoms with E-state index in [0.717, 1.165) is 54.6 Å². The molecule has 2 aromatic carbocycles. The zero-order chi connectivity index (χ0) is 29.0. The Labute approximate surface area is 258 Å². The summed E-state index contributed by atoms with van der Waals surface area (Å²) >= 11 is 0. The molecule has 2 aromatic rings. The van der Waals surface area contributed by atoms with Gasteiger partial charge in [-0.15, -0.1) is 0 Å². The predicted octanol–water partition coefficient (Wildman–Crippen LogP) is 12.0. The molecule has 3 rings (SSSR count). The first kappa shape index (κ1) is 38.0. The zero-order valence-corrected chi connectivity index (χ0v) is 27.4. The van der Waals surface area contributed by atoms with Gasteiger partial charge in [0.15, 0.2) is 0 Å². The van der Waals surface area contributed by atoms with E-state index in [1.54, 1.807) is 13.8 Å². The molecule has 0 unspecified atom stereocenters. The molecule has 1 aliphatic heterocycles. The third-order valence-corrected chi connectivity index (χ3v) is 7.36. The van der Waals surface area contributed by atoms with Gasteiger partial charge in [-0.25, -0.2) is 4.70 Å². The Bertz CT molecular complexity index is 1030. The monoisotopic (exact) mass is 586 g/mol. The fraction of sp³-hybridized carbons (Fsp3) is 0.514. The van der Waals surface area contributed by atoms with Gasteiger partial charge in [-0.05, 0) is 80.8 Å². The number of benzene rings is 2. The molecular formula is C37H56N2Ni. The average Bonchev–Trinajstić information content (AvgIpc) is 3.23. The average molecular weight is 588 g/mol. The van der Waals surface area contributed by atoms with Crippen LogP contribution in [0.15, 0.2) is 59.7 Å². The molecule has 1 heterocycles. The molecule has 0 N–H and O–H groups in total. The maximum atomic E-state index is 11.5. The minimum Gasteiger partial charge on any atom is -0.493 e. The maximum Gasteiger partial charge on any atom is 2.00 e. The quantitative estimate of drug-likeness (QED) is 0.0857. The van der Waals surface area contributed by atoms with E-state index in [1.165, 1.54) is 78.3 Å². The molecule has 0 saturated heterocycles. The smallest absolute Gasteiger partial charge is 0.493 e. The van der Waals surface area contributed by atoms with E-state index in [-0.39, 0.29) is 16.5 Å². The second kappa shape index (κ2) is 22.7. The van der Waals surface area contributed by atoms with Crippen LogP contribution in [0.1, 0.15) is 134 Å². The van der Waals surface area contributed by atoms with Crippen LogP contribution in [0.3, 0.4) is 0 Å². The largest absolute Gasteiger partial charge is 2.00 e. The van der Waals surface area contributed by atoms with Crippen molar-refractivity contribution in [2.75, 3.05) is 0 Å². The summed E-state index contributed by atoms with van der Waals surface area (Å²) in [4.78, 5) is 0. The van der Waals surface area contributed by atoms with Gasteiger partial charge in [-0.2, -0.15) is 13.8 Å². The first-order valence-electron chi connectivity index (χ1n) is 15.6. The molecule has 0 atom stereocenters. The van der Waals surface area contributed by atoms with Crippen molar-refractivity contribution in [3.05, 3.63) is 101 Å². The van der Waals surface area contributed by atoms with Gasteiger partial charge in [0.05, 0.1) is 0 Å². The Hall–Kier alpha value is -1.99. The zero-order valence-electron chi connectivity index (χ0n) is 26.4. The molecular weight excluding hydrogens is 531 g/mol. The van der Waals surface area contributed by atoms with Crippen LogP contribution >= 0.6 is 0 Å². The van der Waals surface area contributed by atoms with Crippen LogP contribution in [0.2, 0.25) is 0 Å². The molecule has 0 spiro atoms. The van der Waals surface area contributed by atoms with Crippen molar-refractivity contribution in [3.63, 3.8) is 0 Å². The first-order valence-corrected chi connectivity index (χ1v) is 15.6. The third-order valence-electron chi connectivity index (χ3n) is 7.36. The Kier molecular flexibility index (Phi) is 21.5. The van der Waals surface area contributed by atoms with Crippen LogP contribution in [0.4, 0.5) is 0 Å². The first-order chi connectivity index (χ1) is 19.1. The number of aryl methyl sites for hydroxylation is 2. The maximum absolute atomic E-state index is 11.5. The number of hydrogen-bond donors (Lipinski definition) is 0.